The molecule has 1 aromatic heterocycles. The molecule has 0 aliphatic heterocycles. The van der Waals surface area contributed by atoms with Crippen LogP contribution in [0, 0.1) is 13.8 Å². The first-order valence-corrected chi connectivity index (χ1v) is 4.63. The minimum absolute atomic E-state index is 0.170. The Hall–Kier alpha value is -1.32. The molecular formula is C10H15NO3. The molecule has 0 atom stereocenters. The monoisotopic (exact) mass is 197 g/mol. The summed E-state index contributed by atoms with van der Waals surface area (Å²) in [5.74, 6) is 0.670. The van der Waals surface area contributed by atoms with Crippen molar-refractivity contribution >= 4 is 5.97 Å². The summed E-state index contributed by atoms with van der Waals surface area (Å²) in [6.07, 6.45) is 2.03. The van der Waals surface area contributed by atoms with Gasteiger partial charge in [0.1, 0.15) is 5.76 Å². The van der Waals surface area contributed by atoms with Crippen molar-refractivity contribution in [2.45, 2.75) is 33.1 Å². The van der Waals surface area contributed by atoms with Crippen LogP contribution in [0.2, 0.25) is 0 Å². The highest BCUT2D eigenvalue weighted by atomic mass is 16.5. The standard InChI is InChI=1S/C10H15NO3/c1-7-9(8(2)14-11-7)5-4-6-10(12)13-3/h4-6H2,1-3H3. The number of aromatic nitrogens is 1. The van der Waals surface area contributed by atoms with Crippen molar-refractivity contribution in [2.24, 2.45) is 0 Å². The van der Waals surface area contributed by atoms with Crippen LogP contribution < -0.4 is 0 Å². The van der Waals surface area contributed by atoms with Crippen molar-refractivity contribution in [2.75, 3.05) is 7.11 Å². The lowest BCUT2D eigenvalue weighted by Gasteiger charge is -1.99. The Kier molecular flexibility index (Phi) is 3.68. The summed E-state index contributed by atoms with van der Waals surface area (Å²) < 4.78 is 9.57. The topological polar surface area (TPSA) is 52.3 Å². The van der Waals surface area contributed by atoms with E-state index in [9.17, 15) is 4.79 Å². The zero-order chi connectivity index (χ0) is 10.6. The predicted molar refractivity (Wildman–Crippen MR) is 50.9 cm³/mol. The maximum atomic E-state index is 10.8. The second-order valence-corrected chi connectivity index (χ2v) is 3.23. The van der Waals surface area contributed by atoms with E-state index in [4.69, 9.17) is 4.52 Å². The van der Waals surface area contributed by atoms with Gasteiger partial charge in [0.15, 0.2) is 0 Å². The predicted octanol–water partition coefficient (Wildman–Crippen LogP) is 1.79. The second kappa shape index (κ2) is 4.79. The second-order valence-electron chi connectivity index (χ2n) is 3.23. The number of aryl methyl sites for hydroxylation is 2. The van der Waals surface area contributed by atoms with Gasteiger partial charge in [-0.3, -0.25) is 4.79 Å². The molecule has 4 heteroatoms. The lowest BCUT2D eigenvalue weighted by atomic mass is 10.1. The van der Waals surface area contributed by atoms with Gasteiger partial charge >= 0.3 is 5.97 Å². The molecule has 0 saturated carbocycles. The molecular weight excluding hydrogens is 182 g/mol. The van der Waals surface area contributed by atoms with Crippen LogP contribution in [0.5, 0.6) is 0 Å². The SMILES string of the molecule is COC(=O)CCCc1c(C)noc1C. The molecule has 1 aromatic rings. The summed E-state index contributed by atoms with van der Waals surface area (Å²) in [5.41, 5.74) is 2.02. The highest BCUT2D eigenvalue weighted by Crippen LogP contribution is 2.15. The van der Waals surface area contributed by atoms with Crippen molar-refractivity contribution in [1.29, 1.82) is 0 Å². The van der Waals surface area contributed by atoms with Crippen LogP contribution in [0.25, 0.3) is 0 Å². The zero-order valence-corrected chi connectivity index (χ0v) is 8.79. The van der Waals surface area contributed by atoms with E-state index in [2.05, 4.69) is 9.89 Å². The number of hydrogen-bond donors (Lipinski definition) is 0. The Labute approximate surface area is 83.2 Å². The van der Waals surface area contributed by atoms with E-state index < -0.39 is 0 Å². The average molecular weight is 197 g/mol. The first kappa shape index (κ1) is 10.8. The molecule has 0 saturated heterocycles. The Morgan fingerprint density at radius 1 is 1.50 bits per heavy atom. The highest BCUT2D eigenvalue weighted by Gasteiger charge is 2.09. The van der Waals surface area contributed by atoms with Crippen molar-refractivity contribution in [1.82, 2.24) is 5.16 Å². The number of methoxy groups -OCH3 is 1. The van der Waals surface area contributed by atoms with Crippen molar-refractivity contribution in [3.63, 3.8) is 0 Å². The number of carbonyl (C=O) groups excluding carboxylic acids is 1. The quantitative estimate of drug-likeness (QED) is 0.690. The fraction of sp³-hybridized carbons (Fsp3) is 0.600. The van der Waals surface area contributed by atoms with Crippen LogP contribution >= 0.6 is 0 Å². The minimum atomic E-state index is -0.170. The number of carbonyl (C=O) groups is 1. The lowest BCUT2D eigenvalue weighted by Crippen LogP contribution is -2.01. The molecule has 1 rings (SSSR count). The summed E-state index contributed by atoms with van der Waals surface area (Å²) >= 11 is 0. The minimum Gasteiger partial charge on any atom is -0.469 e. The van der Waals surface area contributed by atoms with Crippen LogP contribution in [0.3, 0.4) is 0 Å². The van der Waals surface area contributed by atoms with Crippen molar-refractivity contribution < 1.29 is 14.1 Å². The highest BCUT2D eigenvalue weighted by molar-refractivity contribution is 5.69. The van der Waals surface area contributed by atoms with Crippen LogP contribution in [-0.2, 0) is 16.0 Å². The number of esters is 1. The molecule has 0 N–H and O–H groups in total. The van der Waals surface area contributed by atoms with Gasteiger partial charge in [-0.25, -0.2) is 0 Å². The summed E-state index contributed by atoms with van der Waals surface area (Å²) in [6.45, 7) is 3.79. The fourth-order valence-electron chi connectivity index (χ4n) is 1.37. The van der Waals surface area contributed by atoms with E-state index in [1.807, 2.05) is 13.8 Å². The van der Waals surface area contributed by atoms with E-state index >= 15 is 0 Å². The Morgan fingerprint density at radius 3 is 2.71 bits per heavy atom. The van der Waals surface area contributed by atoms with E-state index in [0.29, 0.717) is 6.42 Å². The normalized spacial score (nSPS) is 10.2. The van der Waals surface area contributed by atoms with Crippen LogP contribution in [0.1, 0.15) is 29.9 Å². The van der Waals surface area contributed by atoms with Gasteiger partial charge in [-0.15, -0.1) is 0 Å². The smallest absolute Gasteiger partial charge is 0.305 e. The Bertz CT molecular complexity index is 298. The molecule has 0 aliphatic carbocycles. The number of ether oxygens (including phenoxy) is 1. The van der Waals surface area contributed by atoms with Gasteiger partial charge in [-0.05, 0) is 26.7 Å². The maximum absolute atomic E-state index is 10.8. The molecule has 0 fully saturated rings. The van der Waals surface area contributed by atoms with Gasteiger partial charge in [0.2, 0.25) is 0 Å². The Morgan fingerprint density at radius 2 is 2.21 bits per heavy atom. The molecule has 0 spiro atoms. The molecule has 0 bridgehead atoms. The summed E-state index contributed by atoms with van der Waals surface area (Å²) in [5, 5.41) is 3.84. The van der Waals surface area contributed by atoms with Crippen LogP contribution in [0.15, 0.2) is 4.52 Å². The Balaban J connectivity index is 2.42. The van der Waals surface area contributed by atoms with Crippen molar-refractivity contribution in [3.05, 3.63) is 17.0 Å². The molecule has 0 amide bonds. The largest absolute Gasteiger partial charge is 0.469 e. The first-order chi connectivity index (χ1) is 6.65. The average Bonchev–Trinajstić information content (AvgIpc) is 2.48. The number of nitrogens with zero attached hydrogens (tertiary/aromatic N) is 1. The number of rotatable bonds is 4. The van der Waals surface area contributed by atoms with Gasteiger partial charge in [0.25, 0.3) is 0 Å². The van der Waals surface area contributed by atoms with Crippen molar-refractivity contribution in [3.8, 4) is 0 Å². The molecule has 4 nitrogen and oxygen atoms in total. The van der Waals surface area contributed by atoms with E-state index in [0.717, 1.165) is 29.9 Å². The molecule has 0 radical (unpaired) electrons. The molecule has 78 valence electrons. The van der Waals surface area contributed by atoms with Gasteiger partial charge < -0.3 is 9.26 Å². The lowest BCUT2D eigenvalue weighted by molar-refractivity contribution is -0.140. The van der Waals surface area contributed by atoms with E-state index in [-0.39, 0.29) is 5.97 Å². The van der Waals surface area contributed by atoms with E-state index in [1.165, 1.54) is 7.11 Å². The molecule has 0 aliphatic rings. The first-order valence-electron chi connectivity index (χ1n) is 4.63. The van der Waals surface area contributed by atoms with Gasteiger partial charge in [-0.2, -0.15) is 0 Å². The summed E-state index contributed by atoms with van der Waals surface area (Å²) in [4.78, 5) is 10.8. The van der Waals surface area contributed by atoms with Gasteiger partial charge in [0, 0.05) is 12.0 Å². The van der Waals surface area contributed by atoms with Gasteiger partial charge in [-0.1, -0.05) is 5.16 Å². The van der Waals surface area contributed by atoms with Crippen LogP contribution in [0.4, 0.5) is 0 Å². The number of hydrogen-bond acceptors (Lipinski definition) is 4. The molecule has 0 aromatic carbocycles. The third-order valence-corrected chi connectivity index (χ3v) is 2.22. The molecule has 0 unspecified atom stereocenters. The summed E-state index contributed by atoms with van der Waals surface area (Å²) in [6, 6.07) is 0. The van der Waals surface area contributed by atoms with E-state index in [1.54, 1.807) is 0 Å². The molecule has 1 heterocycles. The maximum Gasteiger partial charge on any atom is 0.305 e. The summed E-state index contributed by atoms with van der Waals surface area (Å²) in [7, 11) is 1.40. The molecule has 14 heavy (non-hydrogen) atoms. The fourth-order valence-corrected chi connectivity index (χ4v) is 1.37. The third-order valence-electron chi connectivity index (χ3n) is 2.22. The third kappa shape index (κ3) is 2.58. The van der Waals surface area contributed by atoms with Gasteiger partial charge in [0.05, 0.1) is 12.8 Å². The zero-order valence-electron chi connectivity index (χ0n) is 8.79. The van der Waals surface area contributed by atoms with Crippen LogP contribution in [-0.4, -0.2) is 18.2 Å².